The Hall–Kier alpha value is -3.14. The van der Waals surface area contributed by atoms with E-state index in [0.717, 1.165) is 22.5 Å². The summed E-state index contributed by atoms with van der Waals surface area (Å²) in [5.74, 6) is -0.979. The van der Waals surface area contributed by atoms with E-state index in [9.17, 15) is 9.59 Å². The summed E-state index contributed by atoms with van der Waals surface area (Å²) in [5.41, 5.74) is 4.06. The normalized spacial score (nSPS) is 11.4. The van der Waals surface area contributed by atoms with E-state index in [4.69, 9.17) is 0 Å². The zero-order valence-corrected chi connectivity index (χ0v) is 17.9. The van der Waals surface area contributed by atoms with Crippen molar-refractivity contribution in [1.82, 2.24) is 0 Å². The van der Waals surface area contributed by atoms with Gasteiger partial charge in [0.25, 0.3) is 0 Å². The molecular weight excluding hydrogens is 360 g/mol. The summed E-state index contributed by atoms with van der Waals surface area (Å²) in [7, 11) is 7.93. The molecule has 0 amide bonds. The summed E-state index contributed by atoms with van der Waals surface area (Å²) < 4.78 is 0. The van der Waals surface area contributed by atoms with Gasteiger partial charge < -0.3 is 9.80 Å². The largest absolute Gasteiger partial charge is 0.378 e. The van der Waals surface area contributed by atoms with Crippen molar-refractivity contribution in [3.8, 4) is 0 Å². The van der Waals surface area contributed by atoms with Crippen LogP contribution in [0.15, 0.2) is 60.7 Å². The average Bonchev–Trinajstić information content (AvgIpc) is 2.71. The first kappa shape index (κ1) is 22.2. The zero-order valence-electron chi connectivity index (χ0n) is 17.9. The van der Waals surface area contributed by atoms with Gasteiger partial charge in [-0.15, -0.1) is 0 Å². The van der Waals surface area contributed by atoms with Gasteiger partial charge in [-0.25, -0.2) is 0 Å². The molecule has 0 spiro atoms. The summed E-state index contributed by atoms with van der Waals surface area (Å²) in [6, 6.07) is 15.8. The first-order chi connectivity index (χ1) is 13.8. The van der Waals surface area contributed by atoms with Gasteiger partial charge in [0.1, 0.15) is 0 Å². The smallest absolute Gasteiger partial charge is 0.166 e. The van der Waals surface area contributed by atoms with Crippen molar-refractivity contribution in [2.45, 2.75) is 13.3 Å². The molecule has 0 aliphatic heterocycles. The van der Waals surface area contributed by atoms with Gasteiger partial charge in [0.05, 0.1) is 5.92 Å². The minimum absolute atomic E-state index is 0.165. The van der Waals surface area contributed by atoms with Crippen LogP contribution in [-0.2, 0) is 9.59 Å². The predicted octanol–water partition coefficient (Wildman–Crippen LogP) is 4.71. The van der Waals surface area contributed by atoms with Crippen LogP contribution in [-0.4, -0.2) is 39.8 Å². The number of nitrogens with zero attached hydrogens (tertiary/aromatic N) is 2. The van der Waals surface area contributed by atoms with E-state index in [-0.39, 0.29) is 11.6 Å². The molecule has 2 aromatic rings. The molecule has 4 nitrogen and oxygen atoms in total. The summed E-state index contributed by atoms with van der Waals surface area (Å²) >= 11 is 0. The summed E-state index contributed by atoms with van der Waals surface area (Å²) in [4.78, 5) is 29.1. The molecule has 0 N–H and O–H groups in total. The molecule has 0 aromatic heterocycles. The molecule has 2 aromatic carbocycles. The highest BCUT2D eigenvalue weighted by atomic mass is 16.1. The maximum atomic E-state index is 12.5. The lowest BCUT2D eigenvalue weighted by molar-refractivity contribution is -0.127. The summed E-state index contributed by atoms with van der Waals surface area (Å²) in [6.45, 7) is 1.86. The Kier molecular flexibility index (Phi) is 7.96. The fourth-order valence-corrected chi connectivity index (χ4v) is 2.90. The van der Waals surface area contributed by atoms with Crippen LogP contribution in [0.4, 0.5) is 11.4 Å². The third-order valence-corrected chi connectivity index (χ3v) is 4.79. The van der Waals surface area contributed by atoms with E-state index < -0.39 is 5.92 Å². The van der Waals surface area contributed by atoms with E-state index in [0.29, 0.717) is 6.42 Å². The third kappa shape index (κ3) is 6.46. The molecule has 0 heterocycles. The summed E-state index contributed by atoms with van der Waals surface area (Å²) in [6.07, 6.45) is 7.03. The van der Waals surface area contributed by atoms with E-state index in [1.54, 1.807) is 12.2 Å². The monoisotopic (exact) mass is 390 g/mol. The molecule has 0 atom stereocenters. The van der Waals surface area contributed by atoms with Gasteiger partial charge >= 0.3 is 0 Å². The van der Waals surface area contributed by atoms with Crippen molar-refractivity contribution < 1.29 is 9.59 Å². The van der Waals surface area contributed by atoms with Crippen LogP contribution in [0.1, 0.15) is 24.5 Å². The molecule has 0 saturated heterocycles. The van der Waals surface area contributed by atoms with Crippen molar-refractivity contribution in [3.63, 3.8) is 0 Å². The van der Waals surface area contributed by atoms with Crippen LogP contribution in [0.25, 0.3) is 12.2 Å². The molecule has 0 radical (unpaired) electrons. The number of carbonyl (C=O) groups is 2. The van der Waals surface area contributed by atoms with E-state index in [1.807, 2.05) is 93.4 Å². The van der Waals surface area contributed by atoms with Crippen LogP contribution in [0.5, 0.6) is 0 Å². The fraction of sp³-hybridized carbons (Fsp3) is 0.280. The number of ketones is 2. The van der Waals surface area contributed by atoms with Crippen LogP contribution < -0.4 is 9.80 Å². The predicted molar refractivity (Wildman–Crippen MR) is 123 cm³/mol. The second kappa shape index (κ2) is 10.4. The molecule has 0 saturated carbocycles. The molecule has 152 valence electrons. The van der Waals surface area contributed by atoms with E-state index in [2.05, 4.69) is 0 Å². The van der Waals surface area contributed by atoms with Crippen LogP contribution in [0.2, 0.25) is 0 Å². The van der Waals surface area contributed by atoms with Crippen molar-refractivity contribution >= 4 is 35.1 Å². The van der Waals surface area contributed by atoms with Gasteiger partial charge in [-0.3, -0.25) is 9.59 Å². The number of allylic oxidation sites excluding steroid dienone is 2. The molecule has 0 aliphatic rings. The lowest BCUT2D eigenvalue weighted by Crippen LogP contribution is -2.20. The SMILES string of the molecule is CCC(C(=O)/C=C/c1ccc(N(C)C)cc1)C(=O)/C=C/c1ccc(N(C)C)cc1. The number of hydrogen-bond acceptors (Lipinski definition) is 4. The topological polar surface area (TPSA) is 40.6 Å². The Morgan fingerprint density at radius 2 is 1.07 bits per heavy atom. The first-order valence-electron chi connectivity index (χ1n) is 9.80. The summed E-state index contributed by atoms with van der Waals surface area (Å²) in [5, 5.41) is 0. The molecule has 2 rings (SSSR count). The number of benzene rings is 2. The minimum Gasteiger partial charge on any atom is -0.378 e. The molecule has 0 unspecified atom stereocenters. The van der Waals surface area contributed by atoms with Crippen molar-refractivity contribution in [2.24, 2.45) is 5.92 Å². The highest BCUT2D eigenvalue weighted by molar-refractivity contribution is 6.13. The van der Waals surface area contributed by atoms with Crippen molar-refractivity contribution in [3.05, 3.63) is 71.8 Å². The van der Waals surface area contributed by atoms with Gasteiger partial charge in [-0.05, 0) is 54.0 Å². The highest BCUT2D eigenvalue weighted by Gasteiger charge is 2.20. The molecule has 0 aliphatic carbocycles. The Morgan fingerprint density at radius 3 is 1.34 bits per heavy atom. The Morgan fingerprint density at radius 1 is 0.724 bits per heavy atom. The third-order valence-electron chi connectivity index (χ3n) is 4.79. The maximum Gasteiger partial charge on any atom is 0.166 e. The standard InChI is InChI=1S/C25H30N2O2/c1-6-23(24(28)17-11-19-7-13-21(14-8-19)26(2)3)25(29)18-12-20-9-15-22(16-10-20)27(4)5/h7-18,23H,6H2,1-5H3/b17-11+,18-12+. The minimum atomic E-state index is -0.649. The Labute approximate surface area is 174 Å². The van der Waals surface area contributed by atoms with Gasteiger partial charge in [0.15, 0.2) is 11.6 Å². The van der Waals surface area contributed by atoms with Crippen molar-refractivity contribution in [1.29, 1.82) is 0 Å². The van der Waals surface area contributed by atoms with Gasteiger partial charge in [-0.1, -0.05) is 43.3 Å². The van der Waals surface area contributed by atoms with E-state index >= 15 is 0 Å². The van der Waals surface area contributed by atoms with Gasteiger partial charge in [0.2, 0.25) is 0 Å². The van der Waals surface area contributed by atoms with Gasteiger partial charge in [-0.2, -0.15) is 0 Å². The average molecular weight is 391 g/mol. The molecule has 4 heteroatoms. The number of hydrogen-bond donors (Lipinski definition) is 0. The Balaban J connectivity index is 2.02. The van der Waals surface area contributed by atoms with Crippen LogP contribution in [0.3, 0.4) is 0 Å². The molecule has 0 bridgehead atoms. The highest BCUT2D eigenvalue weighted by Crippen LogP contribution is 2.16. The number of rotatable bonds is 9. The van der Waals surface area contributed by atoms with Crippen molar-refractivity contribution in [2.75, 3.05) is 38.0 Å². The quantitative estimate of drug-likeness (QED) is 0.459. The Bertz CT molecular complexity index is 803. The number of anilines is 2. The lowest BCUT2D eigenvalue weighted by atomic mass is 9.94. The lowest BCUT2D eigenvalue weighted by Gasteiger charge is -2.12. The first-order valence-corrected chi connectivity index (χ1v) is 9.80. The van der Waals surface area contributed by atoms with Crippen LogP contribution in [0, 0.1) is 5.92 Å². The maximum absolute atomic E-state index is 12.5. The van der Waals surface area contributed by atoms with Gasteiger partial charge in [0, 0.05) is 39.6 Å². The molecular formula is C25H30N2O2. The van der Waals surface area contributed by atoms with E-state index in [1.165, 1.54) is 12.2 Å². The molecule has 29 heavy (non-hydrogen) atoms. The fourth-order valence-electron chi connectivity index (χ4n) is 2.90. The second-order valence-corrected chi connectivity index (χ2v) is 7.40. The second-order valence-electron chi connectivity index (χ2n) is 7.40. The zero-order chi connectivity index (χ0) is 21.4. The number of carbonyl (C=O) groups excluding carboxylic acids is 2. The van der Waals surface area contributed by atoms with Crippen LogP contribution >= 0.6 is 0 Å². The molecule has 0 fully saturated rings.